The second kappa shape index (κ2) is 8.92. The molecule has 0 radical (unpaired) electrons. The predicted octanol–water partition coefficient (Wildman–Crippen LogP) is 4.18. The van der Waals surface area contributed by atoms with Crippen LogP contribution in [0.4, 0.5) is 0 Å². The Morgan fingerprint density at radius 1 is 1.23 bits per heavy atom. The fraction of sp³-hybridized carbons (Fsp3) is 0.391. The topological polar surface area (TPSA) is 60.8 Å². The number of nitrogens with zero attached hydrogens (tertiary/aromatic N) is 2. The average molecular weight is 427 g/mol. The number of fused-ring (bicyclic) bond motifs is 1. The number of likely N-dealkylation sites (tertiary alicyclic amines) is 1. The first kappa shape index (κ1) is 20.5. The van der Waals surface area contributed by atoms with Crippen LogP contribution in [0.15, 0.2) is 41.8 Å². The normalized spacial score (nSPS) is 16.6. The number of methoxy groups -OCH3 is 1. The number of para-hydroxylation sites is 1. The van der Waals surface area contributed by atoms with Crippen molar-refractivity contribution in [2.24, 2.45) is 5.92 Å². The fourth-order valence-electron chi connectivity index (χ4n) is 4.10. The molecular weight excluding hydrogens is 400 g/mol. The molecule has 1 atom stereocenters. The van der Waals surface area contributed by atoms with Crippen LogP contribution in [0.1, 0.15) is 35.8 Å². The van der Waals surface area contributed by atoms with E-state index in [0.717, 1.165) is 34.4 Å². The third-order valence-electron chi connectivity index (χ3n) is 5.59. The van der Waals surface area contributed by atoms with Crippen LogP contribution in [0, 0.1) is 5.92 Å². The number of benzene rings is 1. The summed E-state index contributed by atoms with van der Waals surface area (Å²) in [5, 5.41) is 2.04. The summed E-state index contributed by atoms with van der Waals surface area (Å²) < 4.78 is 13.8. The number of amides is 1. The maximum absolute atomic E-state index is 13.5. The molecule has 158 valence electrons. The first-order valence-electron chi connectivity index (χ1n) is 10.3. The molecule has 7 heteroatoms. The number of hydrogen-bond acceptors (Lipinski definition) is 5. The Labute approximate surface area is 180 Å². The van der Waals surface area contributed by atoms with Gasteiger partial charge in [0.2, 0.25) is 0 Å². The van der Waals surface area contributed by atoms with Crippen LogP contribution in [0.3, 0.4) is 0 Å². The van der Waals surface area contributed by atoms with Gasteiger partial charge < -0.3 is 18.9 Å². The Balaban J connectivity index is 1.64. The number of carbonyl (C=O) groups excluding carboxylic acids is 2. The molecule has 6 nitrogen and oxygen atoms in total. The molecule has 2 aromatic heterocycles. The zero-order valence-electron chi connectivity index (χ0n) is 17.3. The molecular formula is C23H26N2O4S. The smallest absolute Gasteiger partial charge is 0.310 e. The monoisotopic (exact) mass is 426 g/mol. The molecule has 0 saturated carbocycles. The highest BCUT2D eigenvalue weighted by Crippen LogP contribution is 2.30. The van der Waals surface area contributed by atoms with Gasteiger partial charge in [0.25, 0.3) is 5.91 Å². The number of carbonyl (C=O) groups is 2. The van der Waals surface area contributed by atoms with Crippen LogP contribution >= 0.6 is 11.3 Å². The van der Waals surface area contributed by atoms with Crippen molar-refractivity contribution in [3.8, 4) is 5.75 Å². The summed E-state index contributed by atoms with van der Waals surface area (Å²) in [6.45, 7) is 3.77. The Morgan fingerprint density at radius 2 is 2.07 bits per heavy atom. The summed E-state index contributed by atoms with van der Waals surface area (Å²) >= 11 is 1.62. The lowest BCUT2D eigenvalue weighted by Crippen LogP contribution is -2.43. The highest BCUT2D eigenvalue weighted by Gasteiger charge is 2.31. The van der Waals surface area contributed by atoms with Gasteiger partial charge in [-0.3, -0.25) is 9.59 Å². The van der Waals surface area contributed by atoms with Gasteiger partial charge in [-0.2, -0.15) is 0 Å². The van der Waals surface area contributed by atoms with Crippen LogP contribution in [0.25, 0.3) is 10.2 Å². The van der Waals surface area contributed by atoms with Crippen molar-refractivity contribution < 1.29 is 19.1 Å². The van der Waals surface area contributed by atoms with E-state index in [9.17, 15) is 9.59 Å². The van der Waals surface area contributed by atoms with Gasteiger partial charge in [-0.1, -0.05) is 18.2 Å². The number of aromatic nitrogens is 1. The Bertz CT molecular complexity index is 1050. The molecule has 0 N–H and O–H groups in total. The van der Waals surface area contributed by atoms with Crippen molar-refractivity contribution in [1.29, 1.82) is 0 Å². The summed E-state index contributed by atoms with van der Waals surface area (Å²) in [5.74, 6) is 0.303. The molecule has 1 aromatic carbocycles. The van der Waals surface area contributed by atoms with E-state index >= 15 is 0 Å². The van der Waals surface area contributed by atoms with Gasteiger partial charge in [0, 0.05) is 18.7 Å². The van der Waals surface area contributed by atoms with E-state index in [1.807, 2.05) is 41.8 Å². The molecule has 1 aliphatic heterocycles. The van der Waals surface area contributed by atoms with E-state index in [-0.39, 0.29) is 17.8 Å². The second-order valence-electron chi connectivity index (χ2n) is 7.44. The molecule has 1 aliphatic rings. The van der Waals surface area contributed by atoms with E-state index in [1.165, 1.54) is 0 Å². The van der Waals surface area contributed by atoms with Crippen molar-refractivity contribution in [3.63, 3.8) is 0 Å². The lowest BCUT2D eigenvalue weighted by atomic mass is 9.98. The average Bonchev–Trinajstić information content (AvgIpc) is 3.36. The highest BCUT2D eigenvalue weighted by molar-refractivity contribution is 7.17. The van der Waals surface area contributed by atoms with Crippen LogP contribution in [-0.4, -0.2) is 48.1 Å². The van der Waals surface area contributed by atoms with E-state index in [0.29, 0.717) is 31.9 Å². The van der Waals surface area contributed by atoms with Gasteiger partial charge in [-0.05, 0) is 43.3 Å². The summed E-state index contributed by atoms with van der Waals surface area (Å²) in [6.07, 6.45) is 1.57. The van der Waals surface area contributed by atoms with Crippen molar-refractivity contribution >= 4 is 33.4 Å². The van der Waals surface area contributed by atoms with Crippen molar-refractivity contribution in [3.05, 3.63) is 53.0 Å². The van der Waals surface area contributed by atoms with E-state index < -0.39 is 0 Å². The quantitative estimate of drug-likeness (QED) is 0.555. The molecule has 0 spiro atoms. The summed E-state index contributed by atoms with van der Waals surface area (Å²) in [6, 6.07) is 11.9. The van der Waals surface area contributed by atoms with Crippen LogP contribution in [0.5, 0.6) is 5.75 Å². The van der Waals surface area contributed by atoms with Crippen LogP contribution in [-0.2, 0) is 16.1 Å². The first-order chi connectivity index (χ1) is 14.6. The second-order valence-corrected chi connectivity index (χ2v) is 8.39. The molecule has 4 rings (SSSR count). The molecule has 0 unspecified atom stereocenters. The number of piperidine rings is 1. The number of esters is 1. The SMILES string of the molecule is CCOC(=O)[C@@H]1CCCN(C(=O)c2cc3sccc3n2Cc2ccccc2OC)C1. The Hall–Kier alpha value is -2.80. The van der Waals surface area contributed by atoms with Gasteiger partial charge >= 0.3 is 5.97 Å². The zero-order chi connectivity index (χ0) is 21.1. The summed E-state index contributed by atoms with van der Waals surface area (Å²) in [4.78, 5) is 27.5. The minimum atomic E-state index is -0.249. The van der Waals surface area contributed by atoms with Gasteiger partial charge in [0.1, 0.15) is 11.4 Å². The zero-order valence-corrected chi connectivity index (χ0v) is 18.1. The largest absolute Gasteiger partial charge is 0.496 e. The van der Waals surface area contributed by atoms with E-state index in [1.54, 1.807) is 30.3 Å². The van der Waals surface area contributed by atoms with Crippen molar-refractivity contribution in [1.82, 2.24) is 9.47 Å². The number of rotatable bonds is 6. The van der Waals surface area contributed by atoms with Crippen LogP contribution in [0.2, 0.25) is 0 Å². The third-order valence-corrected chi connectivity index (χ3v) is 6.44. The minimum absolute atomic E-state index is 0.0395. The fourth-order valence-corrected chi connectivity index (χ4v) is 4.93. The standard InChI is InChI=1S/C23H26N2O4S/c1-3-29-23(27)17-8-6-11-24(14-17)22(26)19-13-21-18(10-12-30-21)25(19)15-16-7-4-5-9-20(16)28-2/h4-5,7,9-10,12-13,17H,3,6,8,11,14-15H2,1-2H3/t17-/m1/s1. The number of hydrogen-bond donors (Lipinski definition) is 0. The van der Waals surface area contributed by atoms with Gasteiger partial charge in [-0.15, -0.1) is 11.3 Å². The summed E-state index contributed by atoms with van der Waals surface area (Å²) in [5.41, 5.74) is 2.70. The molecule has 3 heterocycles. The Kier molecular flexibility index (Phi) is 6.08. The lowest BCUT2D eigenvalue weighted by Gasteiger charge is -2.31. The molecule has 0 bridgehead atoms. The van der Waals surface area contributed by atoms with Gasteiger partial charge in [0.15, 0.2) is 0 Å². The maximum Gasteiger partial charge on any atom is 0.310 e. The predicted molar refractivity (Wildman–Crippen MR) is 117 cm³/mol. The Morgan fingerprint density at radius 3 is 2.87 bits per heavy atom. The summed E-state index contributed by atoms with van der Waals surface area (Å²) in [7, 11) is 1.66. The highest BCUT2D eigenvalue weighted by atomic mass is 32.1. The maximum atomic E-state index is 13.5. The minimum Gasteiger partial charge on any atom is -0.496 e. The number of ether oxygens (including phenoxy) is 2. The molecule has 30 heavy (non-hydrogen) atoms. The molecule has 1 saturated heterocycles. The number of thiophene rings is 1. The van der Waals surface area contributed by atoms with Crippen molar-refractivity contribution in [2.75, 3.05) is 26.8 Å². The van der Waals surface area contributed by atoms with Gasteiger partial charge in [-0.25, -0.2) is 0 Å². The van der Waals surface area contributed by atoms with E-state index in [4.69, 9.17) is 9.47 Å². The lowest BCUT2D eigenvalue weighted by molar-refractivity contribution is -0.149. The molecule has 1 fully saturated rings. The van der Waals surface area contributed by atoms with Crippen LogP contribution < -0.4 is 4.74 Å². The molecule has 0 aliphatic carbocycles. The first-order valence-corrected chi connectivity index (χ1v) is 11.1. The van der Waals surface area contributed by atoms with Crippen molar-refractivity contribution in [2.45, 2.75) is 26.3 Å². The van der Waals surface area contributed by atoms with Gasteiger partial charge in [0.05, 0.1) is 36.4 Å². The molecule has 1 amide bonds. The third kappa shape index (κ3) is 3.94. The van der Waals surface area contributed by atoms with E-state index in [2.05, 4.69) is 4.57 Å². The molecule has 3 aromatic rings.